The number of aromatic nitrogens is 3. The zero-order valence-corrected chi connectivity index (χ0v) is 19.2. The summed E-state index contributed by atoms with van der Waals surface area (Å²) in [6, 6.07) is 17.5. The number of piperidine rings is 1. The number of aliphatic hydroxyl groups excluding tert-OH is 1. The maximum absolute atomic E-state index is 11.9. The normalized spacial score (nSPS) is 15.1. The molecule has 178 valence electrons. The second-order valence-electron chi connectivity index (χ2n) is 8.40. The highest BCUT2D eigenvalue weighted by molar-refractivity contribution is 5.91. The highest BCUT2D eigenvalue weighted by Crippen LogP contribution is 2.22. The molecule has 0 bridgehead atoms. The molecular weight excluding hydrogens is 432 g/mol. The molecular formula is C25H30N6O3. The minimum atomic E-state index is -0.689. The van der Waals surface area contributed by atoms with E-state index in [1.165, 1.54) is 11.9 Å². The fourth-order valence-electron chi connectivity index (χ4n) is 3.80. The SMILES string of the molecule is C[C@H](O)CC(=O)Nc1cccc(Nc2ncnc(N3CCC(OCc4ccccc4)CC3)n2)c1. The summed E-state index contributed by atoms with van der Waals surface area (Å²) >= 11 is 0. The number of carbonyl (C=O) groups is 1. The lowest BCUT2D eigenvalue weighted by Crippen LogP contribution is -2.38. The summed E-state index contributed by atoms with van der Waals surface area (Å²) in [5, 5.41) is 15.3. The van der Waals surface area contributed by atoms with Crippen molar-refractivity contribution in [1.29, 1.82) is 0 Å². The van der Waals surface area contributed by atoms with Gasteiger partial charge in [-0.15, -0.1) is 0 Å². The van der Waals surface area contributed by atoms with E-state index in [2.05, 4.69) is 42.6 Å². The zero-order valence-electron chi connectivity index (χ0n) is 19.2. The Morgan fingerprint density at radius 2 is 1.88 bits per heavy atom. The molecule has 4 rings (SSSR count). The number of amides is 1. The van der Waals surface area contributed by atoms with Gasteiger partial charge in [0.05, 0.1) is 25.2 Å². The number of benzene rings is 2. The zero-order chi connectivity index (χ0) is 23.8. The molecule has 3 N–H and O–H groups in total. The molecule has 1 fully saturated rings. The summed E-state index contributed by atoms with van der Waals surface area (Å²) in [4.78, 5) is 27.2. The molecule has 0 spiro atoms. The quantitative estimate of drug-likeness (QED) is 0.443. The number of nitrogens with zero attached hydrogens (tertiary/aromatic N) is 4. The fourth-order valence-corrected chi connectivity index (χ4v) is 3.80. The van der Waals surface area contributed by atoms with E-state index in [1.54, 1.807) is 19.1 Å². The van der Waals surface area contributed by atoms with E-state index in [9.17, 15) is 9.90 Å². The first-order chi connectivity index (χ1) is 16.5. The first-order valence-electron chi connectivity index (χ1n) is 11.5. The standard InChI is InChI=1S/C25H30N6O3/c1-18(32)14-23(33)28-20-8-5-9-21(15-20)29-24-26-17-27-25(30-24)31-12-10-22(11-13-31)34-16-19-6-3-2-4-7-19/h2-9,15,17-18,22,32H,10-14,16H2,1H3,(H,28,33)(H,26,27,29,30)/t18-/m0/s1. The van der Waals surface area contributed by atoms with Gasteiger partial charge in [0.15, 0.2) is 0 Å². The molecule has 0 aliphatic carbocycles. The van der Waals surface area contributed by atoms with E-state index < -0.39 is 6.10 Å². The van der Waals surface area contributed by atoms with E-state index in [0.29, 0.717) is 24.2 Å². The number of hydrogen-bond donors (Lipinski definition) is 3. The maximum Gasteiger partial charge on any atom is 0.231 e. The van der Waals surface area contributed by atoms with Crippen LogP contribution in [0.2, 0.25) is 0 Å². The lowest BCUT2D eigenvalue weighted by molar-refractivity contribution is -0.117. The van der Waals surface area contributed by atoms with Gasteiger partial charge in [-0.3, -0.25) is 4.79 Å². The van der Waals surface area contributed by atoms with Crippen molar-refractivity contribution < 1.29 is 14.6 Å². The summed E-state index contributed by atoms with van der Waals surface area (Å²) in [6.07, 6.45) is 2.90. The van der Waals surface area contributed by atoms with Crippen molar-refractivity contribution in [2.24, 2.45) is 0 Å². The summed E-state index contributed by atoms with van der Waals surface area (Å²) in [5.41, 5.74) is 2.55. The first-order valence-corrected chi connectivity index (χ1v) is 11.5. The van der Waals surface area contributed by atoms with Gasteiger partial charge in [-0.2, -0.15) is 4.98 Å². The Morgan fingerprint density at radius 1 is 1.12 bits per heavy atom. The number of aliphatic hydroxyl groups is 1. The van der Waals surface area contributed by atoms with Crippen molar-refractivity contribution in [3.8, 4) is 0 Å². The Balaban J connectivity index is 1.30. The average molecular weight is 463 g/mol. The van der Waals surface area contributed by atoms with Gasteiger partial charge < -0.3 is 25.4 Å². The predicted molar refractivity (Wildman–Crippen MR) is 131 cm³/mol. The number of hydrogen-bond acceptors (Lipinski definition) is 8. The van der Waals surface area contributed by atoms with Crippen molar-refractivity contribution in [3.63, 3.8) is 0 Å². The number of nitrogens with one attached hydrogen (secondary N) is 2. The molecule has 1 aliphatic rings. The second kappa shape index (κ2) is 11.5. The van der Waals surface area contributed by atoms with Crippen molar-refractivity contribution in [2.75, 3.05) is 28.6 Å². The van der Waals surface area contributed by atoms with Crippen LogP contribution in [-0.4, -0.2) is 51.3 Å². The van der Waals surface area contributed by atoms with Gasteiger partial charge in [-0.05, 0) is 43.5 Å². The average Bonchev–Trinajstić information content (AvgIpc) is 2.83. The van der Waals surface area contributed by atoms with E-state index in [-0.39, 0.29) is 18.4 Å². The largest absolute Gasteiger partial charge is 0.393 e. The van der Waals surface area contributed by atoms with Gasteiger partial charge in [0.25, 0.3) is 0 Å². The van der Waals surface area contributed by atoms with E-state index in [0.717, 1.165) is 31.6 Å². The van der Waals surface area contributed by atoms with Crippen LogP contribution in [0, 0.1) is 0 Å². The lowest BCUT2D eigenvalue weighted by atomic mass is 10.1. The molecule has 0 radical (unpaired) electrons. The van der Waals surface area contributed by atoms with Gasteiger partial charge in [-0.25, -0.2) is 9.97 Å². The van der Waals surface area contributed by atoms with Gasteiger partial charge in [0.1, 0.15) is 6.33 Å². The molecule has 9 nitrogen and oxygen atoms in total. The van der Waals surface area contributed by atoms with Crippen LogP contribution >= 0.6 is 0 Å². The molecule has 1 aromatic heterocycles. The summed E-state index contributed by atoms with van der Waals surface area (Å²) in [5.74, 6) is 0.811. The number of rotatable bonds is 9. The molecule has 9 heteroatoms. The Morgan fingerprint density at radius 3 is 2.65 bits per heavy atom. The smallest absolute Gasteiger partial charge is 0.231 e. The molecule has 1 amide bonds. The van der Waals surface area contributed by atoms with E-state index in [1.807, 2.05) is 30.3 Å². The van der Waals surface area contributed by atoms with Crippen LogP contribution in [-0.2, 0) is 16.1 Å². The third kappa shape index (κ3) is 6.97. The molecule has 0 saturated carbocycles. The molecule has 1 aliphatic heterocycles. The Kier molecular flexibility index (Phi) is 8.00. The van der Waals surface area contributed by atoms with Crippen LogP contribution in [0.1, 0.15) is 31.7 Å². The predicted octanol–water partition coefficient (Wildman–Crippen LogP) is 3.51. The Bertz CT molecular complexity index is 1070. The number of carbonyl (C=O) groups excluding carboxylic acids is 1. The van der Waals surface area contributed by atoms with Crippen LogP contribution < -0.4 is 15.5 Å². The van der Waals surface area contributed by atoms with Crippen molar-refractivity contribution in [1.82, 2.24) is 15.0 Å². The Labute approximate surface area is 199 Å². The number of anilines is 4. The van der Waals surface area contributed by atoms with Crippen LogP contribution in [0.15, 0.2) is 60.9 Å². The third-order valence-electron chi connectivity index (χ3n) is 5.50. The molecule has 1 saturated heterocycles. The highest BCUT2D eigenvalue weighted by Gasteiger charge is 2.22. The monoisotopic (exact) mass is 462 g/mol. The van der Waals surface area contributed by atoms with Gasteiger partial charge in [-0.1, -0.05) is 36.4 Å². The minimum absolute atomic E-state index is 0.0441. The van der Waals surface area contributed by atoms with Crippen LogP contribution in [0.3, 0.4) is 0 Å². The third-order valence-corrected chi connectivity index (χ3v) is 5.50. The lowest BCUT2D eigenvalue weighted by Gasteiger charge is -2.31. The Hall–Kier alpha value is -3.56. The highest BCUT2D eigenvalue weighted by atomic mass is 16.5. The fraction of sp³-hybridized carbons (Fsp3) is 0.360. The van der Waals surface area contributed by atoms with Crippen molar-refractivity contribution in [2.45, 2.75) is 45.0 Å². The maximum atomic E-state index is 11.9. The van der Waals surface area contributed by atoms with Crippen molar-refractivity contribution >= 4 is 29.2 Å². The van der Waals surface area contributed by atoms with Crippen molar-refractivity contribution in [3.05, 3.63) is 66.5 Å². The van der Waals surface area contributed by atoms with E-state index in [4.69, 9.17) is 4.74 Å². The van der Waals surface area contributed by atoms with Gasteiger partial charge in [0.2, 0.25) is 17.8 Å². The van der Waals surface area contributed by atoms with Crippen LogP contribution in [0.4, 0.5) is 23.3 Å². The topological polar surface area (TPSA) is 112 Å². The van der Waals surface area contributed by atoms with Gasteiger partial charge >= 0.3 is 0 Å². The molecule has 2 aromatic carbocycles. The molecule has 34 heavy (non-hydrogen) atoms. The summed E-state index contributed by atoms with van der Waals surface area (Å²) < 4.78 is 6.08. The minimum Gasteiger partial charge on any atom is -0.393 e. The molecule has 3 aromatic rings. The van der Waals surface area contributed by atoms with Crippen LogP contribution in [0.25, 0.3) is 0 Å². The first kappa shape index (κ1) is 23.6. The van der Waals surface area contributed by atoms with Crippen LogP contribution in [0.5, 0.6) is 0 Å². The summed E-state index contributed by atoms with van der Waals surface area (Å²) in [6.45, 7) is 3.83. The summed E-state index contributed by atoms with van der Waals surface area (Å²) in [7, 11) is 0. The van der Waals surface area contributed by atoms with Gasteiger partial charge in [0, 0.05) is 24.5 Å². The van der Waals surface area contributed by atoms with E-state index >= 15 is 0 Å². The molecule has 2 heterocycles. The number of ether oxygens (including phenoxy) is 1. The second-order valence-corrected chi connectivity index (χ2v) is 8.40. The molecule has 1 atom stereocenters. The molecule has 0 unspecified atom stereocenters.